The van der Waals surface area contributed by atoms with Gasteiger partial charge in [-0.1, -0.05) is 18.6 Å². The molecule has 1 atom stereocenters. The Morgan fingerprint density at radius 3 is 2.32 bits per heavy atom. The number of non-ortho nitro benzene ring substituents is 2. The molecule has 176 valence electrons. The Labute approximate surface area is 195 Å². The van der Waals surface area contributed by atoms with Crippen molar-refractivity contribution < 1.29 is 19.4 Å². The molecule has 0 bridgehead atoms. The molecule has 1 heterocycles. The van der Waals surface area contributed by atoms with E-state index in [0.29, 0.717) is 16.8 Å². The van der Waals surface area contributed by atoms with E-state index >= 15 is 0 Å². The Kier molecular flexibility index (Phi) is 6.35. The van der Waals surface area contributed by atoms with E-state index in [-0.39, 0.29) is 36.2 Å². The summed E-state index contributed by atoms with van der Waals surface area (Å²) < 4.78 is 0. The van der Waals surface area contributed by atoms with Crippen LogP contribution in [-0.2, 0) is 9.59 Å². The Morgan fingerprint density at radius 2 is 1.74 bits per heavy atom. The fourth-order valence-corrected chi connectivity index (χ4v) is 4.12. The number of rotatable bonds is 7. The summed E-state index contributed by atoms with van der Waals surface area (Å²) in [7, 11) is 1.58. The number of nitro benzene ring substituents is 2. The molecule has 0 saturated heterocycles. The van der Waals surface area contributed by atoms with Gasteiger partial charge in [-0.15, -0.1) is 0 Å². The average molecular weight is 465 g/mol. The van der Waals surface area contributed by atoms with Crippen LogP contribution in [0.15, 0.2) is 53.6 Å². The standard InChI is InChI=1S/C23H23N5O6/c1-25(23(30)16-4-2-5-16)14-22(29)26-21(17-6-3-7-19(12-17)28(33)34)13-20(24-26)15-8-10-18(11-9-15)27(31)32/h3,6-12,16,21H,2,4-5,13-14H2,1H3. The summed E-state index contributed by atoms with van der Waals surface area (Å²) in [5.74, 6) is -0.544. The minimum absolute atomic E-state index is 0.0527. The molecule has 2 amide bonds. The minimum Gasteiger partial charge on any atom is -0.336 e. The summed E-state index contributed by atoms with van der Waals surface area (Å²) in [4.78, 5) is 48.3. The van der Waals surface area contributed by atoms with Crippen molar-refractivity contribution >= 4 is 28.9 Å². The molecular weight excluding hydrogens is 442 g/mol. The van der Waals surface area contributed by atoms with E-state index in [9.17, 15) is 29.8 Å². The fraction of sp³-hybridized carbons (Fsp3) is 0.348. The third kappa shape index (κ3) is 4.63. The summed E-state index contributed by atoms with van der Waals surface area (Å²) in [5.41, 5.74) is 1.49. The van der Waals surface area contributed by atoms with Crippen molar-refractivity contribution in [3.05, 3.63) is 79.9 Å². The maximum absolute atomic E-state index is 13.2. The normalized spacial score (nSPS) is 17.6. The summed E-state index contributed by atoms with van der Waals surface area (Å²) in [6, 6.07) is 11.2. The Balaban J connectivity index is 1.62. The predicted octanol–water partition coefficient (Wildman–Crippen LogP) is 3.44. The van der Waals surface area contributed by atoms with Crippen LogP contribution in [0, 0.1) is 26.1 Å². The van der Waals surface area contributed by atoms with Crippen LogP contribution in [0.2, 0.25) is 0 Å². The van der Waals surface area contributed by atoms with Crippen molar-refractivity contribution in [2.45, 2.75) is 31.7 Å². The van der Waals surface area contributed by atoms with E-state index in [1.807, 2.05) is 0 Å². The van der Waals surface area contributed by atoms with Crippen LogP contribution in [0.4, 0.5) is 11.4 Å². The Hall–Kier alpha value is -4.15. The van der Waals surface area contributed by atoms with Crippen LogP contribution in [0.5, 0.6) is 0 Å². The molecule has 11 nitrogen and oxygen atoms in total. The van der Waals surface area contributed by atoms with Gasteiger partial charge in [-0.25, -0.2) is 5.01 Å². The number of nitrogens with zero attached hydrogens (tertiary/aromatic N) is 5. The third-order valence-corrected chi connectivity index (χ3v) is 6.25. The van der Waals surface area contributed by atoms with E-state index in [1.54, 1.807) is 31.3 Å². The van der Waals surface area contributed by atoms with Gasteiger partial charge in [0, 0.05) is 43.7 Å². The van der Waals surface area contributed by atoms with Gasteiger partial charge in [0.15, 0.2) is 0 Å². The lowest BCUT2D eigenvalue weighted by atomic mass is 9.84. The number of hydrogen-bond donors (Lipinski definition) is 0. The Bertz CT molecular complexity index is 1170. The molecule has 1 aliphatic carbocycles. The van der Waals surface area contributed by atoms with Crippen LogP contribution in [0.3, 0.4) is 0 Å². The minimum atomic E-state index is -0.607. The molecule has 1 aliphatic heterocycles. The summed E-state index contributed by atoms with van der Waals surface area (Å²) >= 11 is 0. The van der Waals surface area contributed by atoms with Gasteiger partial charge in [-0.2, -0.15) is 5.10 Å². The molecule has 1 saturated carbocycles. The molecule has 0 radical (unpaired) electrons. The third-order valence-electron chi connectivity index (χ3n) is 6.25. The van der Waals surface area contributed by atoms with Crippen molar-refractivity contribution in [2.75, 3.05) is 13.6 Å². The molecule has 4 rings (SSSR count). The number of benzene rings is 2. The first kappa shape index (κ1) is 23.0. The molecule has 2 aliphatic rings. The predicted molar refractivity (Wildman–Crippen MR) is 122 cm³/mol. The van der Waals surface area contributed by atoms with E-state index in [1.165, 1.54) is 34.2 Å². The van der Waals surface area contributed by atoms with Gasteiger partial charge < -0.3 is 4.90 Å². The molecule has 0 spiro atoms. The number of carbonyl (C=O) groups is 2. The van der Waals surface area contributed by atoms with Gasteiger partial charge in [0.05, 0.1) is 21.6 Å². The maximum Gasteiger partial charge on any atom is 0.269 e. The van der Waals surface area contributed by atoms with Crippen molar-refractivity contribution in [3.8, 4) is 0 Å². The zero-order valence-corrected chi connectivity index (χ0v) is 18.5. The number of hydrazone groups is 1. The van der Waals surface area contributed by atoms with Crippen molar-refractivity contribution in [1.82, 2.24) is 9.91 Å². The van der Waals surface area contributed by atoms with Crippen molar-refractivity contribution in [1.29, 1.82) is 0 Å². The highest BCUT2D eigenvalue weighted by Crippen LogP contribution is 2.35. The monoisotopic (exact) mass is 465 g/mol. The van der Waals surface area contributed by atoms with Gasteiger partial charge in [0.2, 0.25) is 5.91 Å². The lowest BCUT2D eigenvalue weighted by molar-refractivity contribution is -0.385. The highest BCUT2D eigenvalue weighted by atomic mass is 16.6. The molecule has 11 heteroatoms. The van der Waals surface area contributed by atoms with Gasteiger partial charge >= 0.3 is 0 Å². The molecule has 0 aromatic heterocycles. The second kappa shape index (κ2) is 9.38. The highest BCUT2D eigenvalue weighted by Gasteiger charge is 2.36. The molecular formula is C23H23N5O6. The topological polar surface area (TPSA) is 139 Å². The van der Waals surface area contributed by atoms with Crippen LogP contribution in [0.25, 0.3) is 0 Å². The number of amides is 2. The Morgan fingerprint density at radius 1 is 1.06 bits per heavy atom. The average Bonchev–Trinajstić information content (AvgIpc) is 3.23. The van der Waals surface area contributed by atoms with Crippen LogP contribution in [0.1, 0.15) is 42.9 Å². The first-order valence-corrected chi connectivity index (χ1v) is 10.9. The molecule has 2 aromatic rings. The first-order chi connectivity index (χ1) is 16.2. The maximum atomic E-state index is 13.2. The number of nitro groups is 2. The van der Waals surface area contributed by atoms with Crippen LogP contribution >= 0.6 is 0 Å². The first-order valence-electron chi connectivity index (χ1n) is 10.9. The quantitative estimate of drug-likeness (QED) is 0.453. The van der Waals surface area contributed by atoms with Gasteiger partial charge in [0.1, 0.15) is 6.54 Å². The number of hydrogen-bond acceptors (Lipinski definition) is 7. The van der Waals surface area contributed by atoms with Gasteiger partial charge in [-0.3, -0.25) is 29.8 Å². The van der Waals surface area contributed by atoms with E-state index in [0.717, 1.165) is 19.3 Å². The highest BCUT2D eigenvalue weighted by molar-refractivity contribution is 6.03. The van der Waals surface area contributed by atoms with Crippen LogP contribution < -0.4 is 0 Å². The SMILES string of the molecule is CN(CC(=O)N1N=C(c2ccc([N+](=O)[O-])cc2)CC1c1cccc([N+](=O)[O-])c1)C(=O)C1CCC1. The van der Waals surface area contributed by atoms with E-state index in [2.05, 4.69) is 5.10 Å². The zero-order valence-electron chi connectivity index (χ0n) is 18.5. The van der Waals surface area contributed by atoms with Crippen molar-refractivity contribution in [3.63, 3.8) is 0 Å². The smallest absolute Gasteiger partial charge is 0.269 e. The molecule has 2 aromatic carbocycles. The second-order valence-corrected chi connectivity index (χ2v) is 8.48. The van der Waals surface area contributed by atoms with E-state index < -0.39 is 21.8 Å². The van der Waals surface area contributed by atoms with E-state index in [4.69, 9.17) is 0 Å². The van der Waals surface area contributed by atoms with Gasteiger partial charge in [-0.05, 0) is 36.1 Å². The molecule has 0 N–H and O–H groups in total. The lowest BCUT2D eigenvalue weighted by Gasteiger charge is -2.30. The van der Waals surface area contributed by atoms with Crippen molar-refractivity contribution in [2.24, 2.45) is 11.0 Å². The number of likely N-dealkylation sites (N-methyl/N-ethyl adjacent to an activating group) is 1. The van der Waals surface area contributed by atoms with Crippen LogP contribution in [-0.4, -0.2) is 50.9 Å². The summed E-state index contributed by atoms with van der Waals surface area (Å²) in [6.45, 7) is -0.169. The lowest BCUT2D eigenvalue weighted by Crippen LogP contribution is -2.42. The summed E-state index contributed by atoms with van der Waals surface area (Å²) in [6.07, 6.45) is 2.91. The van der Waals surface area contributed by atoms with Gasteiger partial charge in [0.25, 0.3) is 17.3 Å². The zero-order chi connectivity index (χ0) is 24.4. The molecule has 34 heavy (non-hydrogen) atoms. The molecule has 1 fully saturated rings. The summed E-state index contributed by atoms with van der Waals surface area (Å²) in [5, 5.41) is 28.0. The fourth-order valence-electron chi connectivity index (χ4n) is 4.12. The second-order valence-electron chi connectivity index (χ2n) is 8.48. The largest absolute Gasteiger partial charge is 0.336 e. The molecule has 1 unspecified atom stereocenters. The number of carbonyl (C=O) groups excluding carboxylic acids is 2.